The first-order chi connectivity index (χ1) is 13.9. The zero-order chi connectivity index (χ0) is 19.0. The second kappa shape index (κ2) is 9.25. The Kier molecular flexibility index (Phi) is 6.05. The Bertz CT molecular complexity index is 934. The molecule has 28 heavy (non-hydrogen) atoms. The van der Waals surface area contributed by atoms with Gasteiger partial charge < -0.3 is 4.74 Å². The number of aromatic nitrogens is 1. The van der Waals surface area contributed by atoms with Crippen LogP contribution in [-0.4, -0.2) is 11.6 Å². The Labute approximate surface area is 169 Å². The Morgan fingerprint density at radius 1 is 0.607 bits per heavy atom. The molecule has 1 aromatic heterocycles. The molecule has 3 heteroatoms. The first kappa shape index (κ1) is 18.3. The van der Waals surface area contributed by atoms with Gasteiger partial charge in [-0.15, -0.1) is 0 Å². The minimum atomic E-state index is -0.121. The van der Waals surface area contributed by atoms with Crippen LogP contribution in [0.25, 0.3) is 0 Å². The molecule has 0 atom stereocenters. The summed E-state index contributed by atoms with van der Waals surface area (Å²) in [5, 5.41) is 0. The molecule has 0 saturated heterocycles. The van der Waals surface area contributed by atoms with Gasteiger partial charge in [0.25, 0.3) is 0 Å². The minimum absolute atomic E-state index is 0.121. The smallest absolute Gasteiger partial charge is 0.166 e. The van der Waals surface area contributed by atoms with Crippen molar-refractivity contribution in [1.29, 1.82) is 0 Å². The average Bonchev–Trinajstić information content (AvgIpc) is 2.77. The van der Waals surface area contributed by atoms with Crippen LogP contribution >= 0.6 is 0 Å². The van der Waals surface area contributed by atoms with Crippen LogP contribution in [0.5, 0.6) is 5.75 Å². The van der Waals surface area contributed by atoms with Gasteiger partial charge in [-0.25, -0.2) is 0 Å². The highest BCUT2D eigenvalue weighted by molar-refractivity contribution is 7.97. The van der Waals surface area contributed by atoms with Crippen molar-refractivity contribution in [3.05, 3.63) is 115 Å². The Balaban J connectivity index is 1.50. The summed E-state index contributed by atoms with van der Waals surface area (Å²) in [6, 6.07) is 33.9. The van der Waals surface area contributed by atoms with Gasteiger partial charge in [-0.2, -0.15) is 0 Å². The summed E-state index contributed by atoms with van der Waals surface area (Å²) >= 11 is 0. The fraction of sp³-hybridized carbons (Fsp3) is 0.0800. The lowest BCUT2D eigenvalue weighted by Gasteiger charge is -2.09. The highest BCUT2D eigenvalue weighted by atomic mass is 32.2. The maximum Gasteiger partial charge on any atom is 0.166 e. The molecule has 0 spiro atoms. The number of nitrogens with zero attached hydrogens (tertiary/aromatic N) is 1. The first-order valence-electron chi connectivity index (χ1n) is 9.36. The predicted octanol–water partition coefficient (Wildman–Crippen LogP) is 5.80. The van der Waals surface area contributed by atoms with Crippen molar-refractivity contribution in [2.75, 3.05) is 6.61 Å². The van der Waals surface area contributed by atoms with E-state index in [-0.39, 0.29) is 10.9 Å². The number of pyridine rings is 1. The van der Waals surface area contributed by atoms with Crippen LogP contribution in [-0.2, 0) is 17.3 Å². The van der Waals surface area contributed by atoms with Crippen molar-refractivity contribution >= 4 is 10.9 Å². The van der Waals surface area contributed by atoms with Gasteiger partial charge in [0, 0.05) is 18.8 Å². The molecule has 4 aromatic rings. The summed E-state index contributed by atoms with van der Waals surface area (Å²) in [5.41, 5.74) is 1.24. The molecular weight excluding hydrogens is 362 g/mol. The van der Waals surface area contributed by atoms with E-state index >= 15 is 0 Å². The van der Waals surface area contributed by atoms with Crippen molar-refractivity contribution in [2.45, 2.75) is 21.1 Å². The van der Waals surface area contributed by atoms with E-state index in [1.807, 2.05) is 24.5 Å². The maximum atomic E-state index is 5.94. The molecule has 0 aliphatic carbocycles. The third-order valence-electron chi connectivity index (χ3n) is 4.43. The van der Waals surface area contributed by atoms with Crippen molar-refractivity contribution in [3.63, 3.8) is 0 Å². The van der Waals surface area contributed by atoms with E-state index in [4.69, 9.17) is 4.74 Å². The molecule has 0 radical (unpaired) electrons. The van der Waals surface area contributed by atoms with Gasteiger partial charge in [-0.05, 0) is 66.2 Å². The molecule has 4 rings (SSSR count). The van der Waals surface area contributed by atoms with E-state index < -0.39 is 0 Å². The minimum Gasteiger partial charge on any atom is -0.493 e. The lowest BCUT2D eigenvalue weighted by atomic mass is 10.2. The molecule has 1 heterocycles. The molecule has 0 fully saturated rings. The van der Waals surface area contributed by atoms with E-state index in [0.717, 1.165) is 12.2 Å². The Hall–Kier alpha value is -3.04. The van der Waals surface area contributed by atoms with Crippen molar-refractivity contribution in [1.82, 2.24) is 4.98 Å². The summed E-state index contributed by atoms with van der Waals surface area (Å²) in [6.07, 6.45) is 4.51. The fourth-order valence-corrected chi connectivity index (χ4v) is 5.11. The summed E-state index contributed by atoms with van der Waals surface area (Å²) in [4.78, 5) is 7.98. The standard InChI is InChI=1S/C25H22NOS/c1-3-7-23(8-4-1)28(24-9-5-2-6-10-24)25-13-11-22(12-14-25)27-20-17-21-15-18-26-19-16-21/h1-16,18-19H,17,20H2/q+1. The van der Waals surface area contributed by atoms with E-state index in [9.17, 15) is 0 Å². The largest absolute Gasteiger partial charge is 0.493 e. The number of ether oxygens (including phenoxy) is 1. The van der Waals surface area contributed by atoms with E-state index in [1.54, 1.807) is 0 Å². The lowest BCUT2D eigenvalue weighted by Crippen LogP contribution is -2.05. The van der Waals surface area contributed by atoms with Crippen molar-refractivity contribution in [3.8, 4) is 5.75 Å². The van der Waals surface area contributed by atoms with Crippen LogP contribution in [0, 0.1) is 0 Å². The monoisotopic (exact) mass is 384 g/mol. The van der Waals surface area contributed by atoms with Gasteiger partial charge in [-0.1, -0.05) is 36.4 Å². The number of rotatable bonds is 7. The Morgan fingerprint density at radius 3 is 1.71 bits per heavy atom. The van der Waals surface area contributed by atoms with Crippen LogP contribution in [0.1, 0.15) is 5.56 Å². The third kappa shape index (κ3) is 4.62. The van der Waals surface area contributed by atoms with Gasteiger partial charge in [0.05, 0.1) is 17.5 Å². The van der Waals surface area contributed by atoms with Crippen molar-refractivity contribution < 1.29 is 4.74 Å². The molecule has 3 aromatic carbocycles. The quantitative estimate of drug-likeness (QED) is 0.376. The van der Waals surface area contributed by atoms with Crippen molar-refractivity contribution in [2.24, 2.45) is 0 Å². The summed E-state index contributed by atoms with van der Waals surface area (Å²) in [6.45, 7) is 0.659. The molecule has 0 N–H and O–H groups in total. The molecule has 2 nitrogen and oxygen atoms in total. The Morgan fingerprint density at radius 2 is 1.14 bits per heavy atom. The van der Waals surface area contributed by atoms with Crippen LogP contribution in [0.2, 0.25) is 0 Å². The van der Waals surface area contributed by atoms with Gasteiger partial charge in [0.1, 0.15) is 5.75 Å². The number of hydrogen-bond donors (Lipinski definition) is 0. The molecule has 0 amide bonds. The maximum absolute atomic E-state index is 5.94. The van der Waals surface area contributed by atoms with Crippen LogP contribution in [0.4, 0.5) is 0 Å². The lowest BCUT2D eigenvalue weighted by molar-refractivity contribution is 0.321. The molecule has 0 bridgehead atoms. The molecular formula is C25H22NOS+. The van der Waals surface area contributed by atoms with Gasteiger partial charge >= 0.3 is 0 Å². The van der Waals surface area contributed by atoms with E-state index in [1.165, 1.54) is 20.2 Å². The number of benzene rings is 3. The molecule has 0 aliphatic rings. The topological polar surface area (TPSA) is 22.1 Å². The zero-order valence-corrected chi connectivity index (χ0v) is 16.4. The second-order valence-electron chi connectivity index (χ2n) is 6.36. The number of hydrogen-bond acceptors (Lipinski definition) is 2. The third-order valence-corrected chi connectivity index (χ3v) is 6.66. The molecule has 0 aliphatic heterocycles. The average molecular weight is 385 g/mol. The summed E-state index contributed by atoms with van der Waals surface area (Å²) < 4.78 is 5.94. The van der Waals surface area contributed by atoms with E-state index in [0.29, 0.717) is 6.61 Å². The second-order valence-corrected chi connectivity index (χ2v) is 8.38. The molecule has 0 saturated carbocycles. The molecule has 138 valence electrons. The van der Waals surface area contributed by atoms with Crippen LogP contribution in [0.15, 0.2) is 124 Å². The van der Waals surface area contributed by atoms with Gasteiger partial charge in [0.2, 0.25) is 0 Å². The van der Waals surface area contributed by atoms with Crippen LogP contribution < -0.4 is 4.74 Å². The SMILES string of the molecule is c1ccc([S+](c2ccccc2)c2ccc(OCCc3ccncc3)cc2)cc1. The van der Waals surface area contributed by atoms with Crippen LogP contribution in [0.3, 0.4) is 0 Å². The first-order valence-corrected chi connectivity index (χ1v) is 10.6. The highest BCUT2D eigenvalue weighted by Crippen LogP contribution is 2.31. The van der Waals surface area contributed by atoms with E-state index in [2.05, 4.69) is 89.9 Å². The predicted molar refractivity (Wildman–Crippen MR) is 115 cm³/mol. The summed E-state index contributed by atoms with van der Waals surface area (Å²) in [7, 11) is -0.121. The highest BCUT2D eigenvalue weighted by Gasteiger charge is 2.28. The van der Waals surface area contributed by atoms with Gasteiger partial charge in [-0.3, -0.25) is 4.98 Å². The summed E-state index contributed by atoms with van der Waals surface area (Å²) in [5.74, 6) is 0.905. The van der Waals surface area contributed by atoms with Gasteiger partial charge in [0.15, 0.2) is 14.7 Å². The normalized spacial score (nSPS) is 10.8. The zero-order valence-electron chi connectivity index (χ0n) is 15.6. The molecule has 0 unspecified atom stereocenters. The fourth-order valence-electron chi connectivity index (χ4n) is 3.03.